The van der Waals surface area contributed by atoms with Gasteiger partial charge in [-0.1, -0.05) is 6.92 Å². The first kappa shape index (κ1) is 15.9. The molecule has 1 aliphatic heterocycles. The normalized spacial score (nSPS) is 19.7. The van der Waals surface area contributed by atoms with Crippen LogP contribution >= 0.6 is 0 Å². The van der Waals surface area contributed by atoms with Gasteiger partial charge >= 0.3 is 6.09 Å². The average molecular weight is 293 g/mol. The molecule has 1 saturated heterocycles. The Hall–Kier alpha value is -1.52. The quantitative estimate of drug-likeness (QED) is 0.839. The maximum absolute atomic E-state index is 12.4. The molecular weight excluding hydrogens is 266 g/mol. The summed E-state index contributed by atoms with van der Waals surface area (Å²) in [6.45, 7) is 8.57. The third kappa shape index (κ3) is 3.77. The van der Waals surface area contributed by atoms with Crippen LogP contribution in [0.1, 0.15) is 64.4 Å². The highest BCUT2D eigenvalue weighted by molar-refractivity contribution is 5.69. The summed E-state index contributed by atoms with van der Waals surface area (Å²) >= 11 is 0. The molecule has 5 nitrogen and oxygen atoms in total. The van der Waals surface area contributed by atoms with Gasteiger partial charge in [-0.05, 0) is 52.5 Å². The van der Waals surface area contributed by atoms with E-state index in [4.69, 9.17) is 4.74 Å². The van der Waals surface area contributed by atoms with E-state index in [2.05, 4.69) is 18.1 Å². The average Bonchev–Trinajstić information content (AvgIpc) is 2.78. The number of aromatic nitrogens is 2. The molecule has 0 aliphatic carbocycles. The lowest BCUT2D eigenvalue weighted by Gasteiger charge is -2.35. The van der Waals surface area contributed by atoms with Crippen LogP contribution in [-0.2, 0) is 18.2 Å². The summed E-state index contributed by atoms with van der Waals surface area (Å²) in [4.78, 5) is 14.3. The molecule has 0 N–H and O–H groups in total. The van der Waals surface area contributed by atoms with Crippen molar-refractivity contribution in [3.05, 3.63) is 17.5 Å². The van der Waals surface area contributed by atoms with Crippen LogP contribution in [0, 0.1) is 0 Å². The fraction of sp³-hybridized carbons (Fsp3) is 0.750. The van der Waals surface area contributed by atoms with Crippen molar-refractivity contribution in [2.24, 2.45) is 7.05 Å². The number of likely N-dealkylation sites (tertiary alicyclic amines) is 1. The monoisotopic (exact) mass is 293 g/mol. The summed E-state index contributed by atoms with van der Waals surface area (Å²) in [5, 5.41) is 4.60. The number of piperidine rings is 1. The SMILES string of the molecule is CCc1cc(C2CCCCN2C(=O)OC(C)(C)C)nn1C. The fourth-order valence-electron chi connectivity index (χ4n) is 2.80. The Morgan fingerprint density at radius 1 is 1.43 bits per heavy atom. The molecule has 1 amide bonds. The van der Waals surface area contributed by atoms with Crippen molar-refractivity contribution in [2.45, 2.75) is 65.0 Å². The van der Waals surface area contributed by atoms with Crippen LogP contribution < -0.4 is 0 Å². The van der Waals surface area contributed by atoms with Gasteiger partial charge in [-0.2, -0.15) is 5.10 Å². The van der Waals surface area contributed by atoms with Crippen molar-refractivity contribution in [1.82, 2.24) is 14.7 Å². The Kier molecular flexibility index (Phi) is 4.59. The summed E-state index contributed by atoms with van der Waals surface area (Å²) in [6.07, 6.45) is 3.84. The molecule has 118 valence electrons. The highest BCUT2D eigenvalue weighted by Crippen LogP contribution is 2.31. The first-order chi connectivity index (χ1) is 9.81. The number of amides is 1. The number of aryl methyl sites for hydroxylation is 2. The van der Waals surface area contributed by atoms with Crippen LogP contribution in [0.2, 0.25) is 0 Å². The van der Waals surface area contributed by atoms with Crippen LogP contribution in [0.3, 0.4) is 0 Å². The largest absolute Gasteiger partial charge is 0.444 e. The molecule has 0 bridgehead atoms. The first-order valence-corrected chi connectivity index (χ1v) is 7.84. The van der Waals surface area contributed by atoms with Crippen LogP contribution in [0.25, 0.3) is 0 Å². The Morgan fingerprint density at radius 2 is 2.14 bits per heavy atom. The van der Waals surface area contributed by atoms with Crippen LogP contribution in [-0.4, -0.2) is 32.9 Å². The topological polar surface area (TPSA) is 47.4 Å². The number of hydrogen-bond donors (Lipinski definition) is 0. The maximum Gasteiger partial charge on any atom is 0.410 e. The Morgan fingerprint density at radius 3 is 2.71 bits per heavy atom. The van der Waals surface area contributed by atoms with Gasteiger partial charge < -0.3 is 4.74 Å². The Labute approximate surface area is 127 Å². The number of carbonyl (C=O) groups excluding carboxylic acids is 1. The summed E-state index contributed by atoms with van der Waals surface area (Å²) in [5.74, 6) is 0. The second kappa shape index (κ2) is 6.08. The minimum atomic E-state index is -0.461. The molecule has 0 radical (unpaired) electrons. The van der Waals surface area contributed by atoms with Gasteiger partial charge in [0, 0.05) is 19.3 Å². The van der Waals surface area contributed by atoms with Crippen molar-refractivity contribution in [3.8, 4) is 0 Å². The standard InChI is InChI=1S/C16H27N3O2/c1-6-12-11-13(17-18(12)5)14-9-7-8-10-19(14)15(20)21-16(2,3)4/h11,14H,6-10H2,1-5H3. The van der Waals surface area contributed by atoms with E-state index in [1.807, 2.05) is 37.4 Å². The number of ether oxygens (including phenoxy) is 1. The lowest BCUT2D eigenvalue weighted by molar-refractivity contribution is 0.00894. The molecule has 21 heavy (non-hydrogen) atoms. The van der Waals surface area contributed by atoms with E-state index >= 15 is 0 Å². The smallest absolute Gasteiger partial charge is 0.410 e. The fourth-order valence-corrected chi connectivity index (χ4v) is 2.80. The van der Waals surface area contributed by atoms with E-state index in [9.17, 15) is 4.79 Å². The second-order valence-corrected chi connectivity index (χ2v) is 6.72. The molecule has 0 aromatic carbocycles. The molecular formula is C16H27N3O2. The first-order valence-electron chi connectivity index (χ1n) is 7.84. The molecule has 0 saturated carbocycles. The molecule has 1 unspecified atom stereocenters. The van der Waals surface area contributed by atoms with Gasteiger partial charge in [0.25, 0.3) is 0 Å². The zero-order valence-corrected chi connectivity index (χ0v) is 13.8. The highest BCUT2D eigenvalue weighted by atomic mass is 16.6. The van der Waals surface area contributed by atoms with Gasteiger partial charge in [0.1, 0.15) is 5.60 Å². The number of carbonyl (C=O) groups is 1. The zero-order valence-electron chi connectivity index (χ0n) is 13.8. The van der Waals surface area contributed by atoms with Gasteiger partial charge in [0.15, 0.2) is 0 Å². The molecule has 1 atom stereocenters. The molecule has 5 heteroatoms. The van der Waals surface area contributed by atoms with Gasteiger partial charge in [-0.3, -0.25) is 9.58 Å². The van der Waals surface area contributed by atoms with Crippen LogP contribution in [0.15, 0.2) is 6.07 Å². The van der Waals surface area contributed by atoms with Crippen molar-refractivity contribution >= 4 is 6.09 Å². The number of nitrogens with zero attached hydrogens (tertiary/aromatic N) is 3. The summed E-state index contributed by atoms with van der Waals surface area (Å²) in [7, 11) is 1.96. The van der Waals surface area contributed by atoms with Crippen molar-refractivity contribution in [3.63, 3.8) is 0 Å². The van der Waals surface area contributed by atoms with Crippen molar-refractivity contribution in [1.29, 1.82) is 0 Å². The minimum Gasteiger partial charge on any atom is -0.444 e. The minimum absolute atomic E-state index is 0.0418. The second-order valence-electron chi connectivity index (χ2n) is 6.72. The van der Waals surface area contributed by atoms with Crippen LogP contribution in [0.4, 0.5) is 4.79 Å². The van der Waals surface area contributed by atoms with Crippen LogP contribution in [0.5, 0.6) is 0 Å². The Bertz CT molecular complexity index is 502. The molecule has 1 aromatic heterocycles. The molecule has 1 aliphatic rings. The highest BCUT2D eigenvalue weighted by Gasteiger charge is 2.32. The maximum atomic E-state index is 12.4. The van der Waals surface area contributed by atoms with E-state index in [1.54, 1.807) is 0 Å². The van der Waals surface area contributed by atoms with Crippen molar-refractivity contribution < 1.29 is 9.53 Å². The van der Waals surface area contributed by atoms with E-state index < -0.39 is 5.60 Å². The predicted octanol–water partition coefficient (Wildman–Crippen LogP) is 3.44. The van der Waals surface area contributed by atoms with E-state index in [0.29, 0.717) is 0 Å². The molecule has 2 rings (SSSR count). The van der Waals surface area contributed by atoms with Crippen molar-refractivity contribution in [2.75, 3.05) is 6.54 Å². The third-order valence-corrected chi connectivity index (χ3v) is 3.83. The van der Waals surface area contributed by atoms with E-state index in [1.165, 1.54) is 5.69 Å². The number of rotatable bonds is 2. The molecule has 1 aromatic rings. The lowest BCUT2D eigenvalue weighted by atomic mass is 9.99. The van der Waals surface area contributed by atoms with Gasteiger partial charge in [-0.15, -0.1) is 0 Å². The van der Waals surface area contributed by atoms with Gasteiger partial charge in [0.05, 0.1) is 11.7 Å². The predicted molar refractivity (Wildman–Crippen MR) is 82.1 cm³/mol. The number of hydrogen-bond acceptors (Lipinski definition) is 3. The molecule has 0 spiro atoms. The summed E-state index contributed by atoms with van der Waals surface area (Å²) in [6, 6.07) is 2.16. The lowest BCUT2D eigenvalue weighted by Crippen LogP contribution is -2.42. The van der Waals surface area contributed by atoms with Gasteiger partial charge in [-0.25, -0.2) is 4.79 Å². The van der Waals surface area contributed by atoms with E-state index in [0.717, 1.165) is 37.9 Å². The van der Waals surface area contributed by atoms with E-state index in [-0.39, 0.29) is 12.1 Å². The summed E-state index contributed by atoms with van der Waals surface area (Å²) < 4.78 is 7.46. The summed E-state index contributed by atoms with van der Waals surface area (Å²) in [5.41, 5.74) is 1.72. The van der Waals surface area contributed by atoms with Gasteiger partial charge in [0.2, 0.25) is 0 Å². The molecule has 1 fully saturated rings. The molecule has 2 heterocycles. The zero-order chi connectivity index (χ0) is 15.6. The Balaban J connectivity index is 2.20. The third-order valence-electron chi connectivity index (χ3n) is 3.83.